The highest BCUT2D eigenvalue weighted by Gasteiger charge is 2.29. The highest BCUT2D eigenvalue weighted by Crippen LogP contribution is 2.24. The van der Waals surface area contributed by atoms with Crippen LogP contribution in [-0.4, -0.2) is 39.9 Å². The van der Waals surface area contributed by atoms with E-state index in [1.54, 1.807) is 11.8 Å². The number of benzene rings is 2. The summed E-state index contributed by atoms with van der Waals surface area (Å²) >= 11 is 0. The van der Waals surface area contributed by atoms with Crippen LogP contribution in [0.5, 0.6) is 0 Å². The number of hydrogen-bond donors (Lipinski definition) is 2. The second-order valence-electron chi connectivity index (χ2n) is 7.46. The molecule has 1 aromatic heterocycles. The van der Waals surface area contributed by atoms with Crippen LogP contribution in [0, 0.1) is 12.8 Å². The van der Waals surface area contributed by atoms with E-state index in [9.17, 15) is 14.4 Å². The molecule has 2 heterocycles. The van der Waals surface area contributed by atoms with E-state index in [4.69, 9.17) is 0 Å². The van der Waals surface area contributed by atoms with E-state index in [0.29, 0.717) is 29.9 Å². The van der Waals surface area contributed by atoms with Gasteiger partial charge in [-0.05, 0) is 36.6 Å². The number of nitrogens with one attached hydrogen (secondary N) is 2. The molecule has 0 saturated carbocycles. The van der Waals surface area contributed by atoms with Crippen LogP contribution in [0.2, 0.25) is 0 Å². The van der Waals surface area contributed by atoms with Crippen molar-refractivity contribution in [3.05, 3.63) is 69.6 Å². The van der Waals surface area contributed by atoms with Gasteiger partial charge in [-0.1, -0.05) is 36.4 Å². The van der Waals surface area contributed by atoms with E-state index in [1.807, 2.05) is 42.5 Å². The fourth-order valence-electron chi connectivity index (χ4n) is 3.94. The summed E-state index contributed by atoms with van der Waals surface area (Å²) < 4.78 is 0. The Morgan fingerprint density at radius 3 is 2.64 bits per heavy atom. The summed E-state index contributed by atoms with van der Waals surface area (Å²) in [7, 11) is 0. The van der Waals surface area contributed by atoms with Crippen LogP contribution >= 0.6 is 0 Å². The van der Waals surface area contributed by atoms with Crippen LogP contribution in [0.25, 0.3) is 10.8 Å². The number of carbonyl (C=O) groups excluding carboxylic acids is 2. The van der Waals surface area contributed by atoms with Crippen molar-refractivity contribution in [2.75, 3.05) is 13.1 Å². The number of likely N-dealkylation sites (tertiary alicyclic amines) is 1. The lowest BCUT2D eigenvalue weighted by Gasteiger charge is -2.32. The molecular weight excluding hydrogens is 354 g/mol. The number of aromatic amines is 2. The van der Waals surface area contributed by atoms with E-state index in [0.717, 1.165) is 23.6 Å². The predicted molar refractivity (Wildman–Crippen MR) is 107 cm³/mol. The molecule has 1 atom stereocenters. The van der Waals surface area contributed by atoms with Crippen LogP contribution in [0.1, 0.15) is 34.5 Å². The van der Waals surface area contributed by atoms with Crippen LogP contribution in [0.15, 0.2) is 47.3 Å². The molecule has 6 nitrogen and oxygen atoms in total. The van der Waals surface area contributed by atoms with Gasteiger partial charge >= 0.3 is 0 Å². The molecule has 1 aliphatic heterocycles. The minimum absolute atomic E-state index is 0.0571. The van der Waals surface area contributed by atoms with Crippen molar-refractivity contribution in [1.82, 2.24) is 15.1 Å². The van der Waals surface area contributed by atoms with Gasteiger partial charge in [0.25, 0.3) is 5.56 Å². The largest absolute Gasteiger partial charge is 0.342 e. The van der Waals surface area contributed by atoms with Crippen molar-refractivity contribution < 1.29 is 9.59 Å². The molecule has 1 aliphatic rings. The number of fused-ring (bicyclic) bond motifs is 1. The topological polar surface area (TPSA) is 86.0 Å². The Balaban J connectivity index is 1.48. The summed E-state index contributed by atoms with van der Waals surface area (Å²) in [6, 6.07) is 13.7. The fraction of sp³-hybridized carbons (Fsp3) is 0.318. The Morgan fingerprint density at radius 1 is 1.11 bits per heavy atom. The maximum Gasteiger partial charge on any atom is 0.267 e. The normalized spacial score (nSPS) is 17.0. The first-order chi connectivity index (χ1) is 13.5. The van der Waals surface area contributed by atoms with Gasteiger partial charge in [0, 0.05) is 35.8 Å². The fourth-order valence-corrected chi connectivity index (χ4v) is 3.94. The van der Waals surface area contributed by atoms with Crippen LogP contribution < -0.4 is 5.56 Å². The summed E-state index contributed by atoms with van der Waals surface area (Å²) in [6.45, 7) is 2.80. The molecule has 1 amide bonds. The van der Waals surface area contributed by atoms with Gasteiger partial charge < -0.3 is 10.00 Å². The molecule has 144 valence electrons. The zero-order chi connectivity index (χ0) is 19.7. The van der Waals surface area contributed by atoms with Crippen molar-refractivity contribution in [3.63, 3.8) is 0 Å². The van der Waals surface area contributed by atoms with E-state index in [1.165, 1.54) is 0 Å². The number of aromatic nitrogens is 2. The Labute approximate surface area is 162 Å². The minimum Gasteiger partial charge on any atom is -0.342 e. The third kappa shape index (κ3) is 3.50. The number of aryl methyl sites for hydroxylation is 1. The molecule has 2 N–H and O–H groups in total. The third-order valence-corrected chi connectivity index (χ3v) is 5.60. The third-order valence-electron chi connectivity index (χ3n) is 5.60. The Morgan fingerprint density at radius 2 is 1.89 bits per heavy atom. The van der Waals surface area contributed by atoms with E-state index in [-0.39, 0.29) is 29.6 Å². The zero-order valence-corrected chi connectivity index (χ0v) is 15.8. The molecule has 6 heteroatoms. The highest BCUT2D eigenvalue weighted by molar-refractivity contribution is 6.01. The van der Waals surface area contributed by atoms with Gasteiger partial charge in [0.1, 0.15) is 0 Å². The van der Waals surface area contributed by atoms with E-state index < -0.39 is 0 Å². The van der Waals surface area contributed by atoms with E-state index >= 15 is 0 Å². The number of Topliss-reactive ketones (excluding diaryl/α,β-unsaturated/α-hetero) is 1. The van der Waals surface area contributed by atoms with Crippen LogP contribution in [-0.2, 0) is 11.2 Å². The monoisotopic (exact) mass is 377 g/mol. The molecule has 1 saturated heterocycles. The second kappa shape index (κ2) is 7.46. The number of piperidine rings is 1. The van der Waals surface area contributed by atoms with Crippen molar-refractivity contribution in [1.29, 1.82) is 0 Å². The van der Waals surface area contributed by atoms with Gasteiger partial charge in [-0.2, -0.15) is 0 Å². The van der Waals surface area contributed by atoms with Gasteiger partial charge in [-0.3, -0.25) is 19.5 Å². The Kier molecular flexibility index (Phi) is 4.86. The number of hydrogen-bond acceptors (Lipinski definition) is 3. The highest BCUT2D eigenvalue weighted by atomic mass is 16.2. The Bertz CT molecular complexity index is 1100. The number of H-pyrrole nitrogens is 2. The number of rotatable bonds is 4. The average molecular weight is 377 g/mol. The summed E-state index contributed by atoms with van der Waals surface area (Å²) in [5.74, 6) is -0.229. The van der Waals surface area contributed by atoms with E-state index in [2.05, 4.69) is 10.2 Å². The lowest BCUT2D eigenvalue weighted by Crippen LogP contribution is -2.43. The SMILES string of the molecule is Cc1[nH][nH]c(=O)c1CC(=O)N1CCC[C@@H](C(=O)c2ccc3ccccc3c2)C1. The first-order valence-electron chi connectivity index (χ1n) is 9.60. The second-order valence-corrected chi connectivity index (χ2v) is 7.46. The van der Waals surface area contributed by atoms with Crippen molar-refractivity contribution in [2.45, 2.75) is 26.2 Å². The molecule has 0 bridgehead atoms. The van der Waals surface area contributed by atoms with Crippen LogP contribution in [0.4, 0.5) is 0 Å². The van der Waals surface area contributed by atoms with Crippen molar-refractivity contribution in [2.24, 2.45) is 5.92 Å². The molecule has 3 aromatic rings. The quantitative estimate of drug-likeness (QED) is 0.686. The maximum absolute atomic E-state index is 13.0. The summed E-state index contributed by atoms with van der Waals surface area (Å²) in [4.78, 5) is 39.3. The van der Waals surface area contributed by atoms with Crippen molar-refractivity contribution in [3.8, 4) is 0 Å². The molecule has 0 aliphatic carbocycles. The number of amides is 1. The maximum atomic E-state index is 13.0. The van der Waals surface area contributed by atoms with Gasteiger partial charge in [0.05, 0.1) is 6.42 Å². The first-order valence-corrected chi connectivity index (χ1v) is 9.60. The molecule has 4 rings (SSSR count). The van der Waals surface area contributed by atoms with Gasteiger partial charge in [-0.15, -0.1) is 0 Å². The minimum atomic E-state index is -0.258. The molecular formula is C22H23N3O3. The standard InChI is InChI=1S/C22H23N3O3/c1-14-19(22(28)24-23-14)12-20(26)25-10-4-7-18(13-25)21(27)17-9-8-15-5-2-3-6-16(15)11-17/h2-3,5-6,8-9,11,18H,4,7,10,12-13H2,1H3,(H2,23,24,28)/t18-/m1/s1. The molecule has 2 aromatic carbocycles. The molecule has 28 heavy (non-hydrogen) atoms. The predicted octanol–water partition coefficient (Wildman–Crippen LogP) is 2.83. The first kappa shape index (κ1) is 18.2. The van der Waals surface area contributed by atoms with Crippen molar-refractivity contribution >= 4 is 22.5 Å². The lowest BCUT2D eigenvalue weighted by atomic mass is 9.89. The number of nitrogens with zero attached hydrogens (tertiary/aromatic N) is 1. The molecule has 0 unspecified atom stereocenters. The average Bonchev–Trinajstić information content (AvgIpc) is 3.05. The number of carbonyl (C=O) groups is 2. The molecule has 1 fully saturated rings. The summed E-state index contributed by atoms with van der Waals surface area (Å²) in [5, 5.41) is 7.39. The summed E-state index contributed by atoms with van der Waals surface area (Å²) in [6.07, 6.45) is 1.62. The lowest BCUT2D eigenvalue weighted by molar-refractivity contribution is -0.131. The smallest absolute Gasteiger partial charge is 0.267 e. The van der Waals surface area contributed by atoms with Gasteiger partial charge in [-0.25, -0.2) is 0 Å². The summed E-state index contributed by atoms with van der Waals surface area (Å²) in [5.41, 5.74) is 1.58. The zero-order valence-electron chi connectivity index (χ0n) is 15.8. The van der Waals surface area contributed by atoms with Gasteiger partial charge in [0.2, 0.25) is 5.91 Å². The Hall–Kier alpha value is -3.15. The molecule has 0 spiro atoms. The molecule has 0 radical (unpaired) electrons. The number of ketones is 1. The van der Waals surface area contributed by atoms with Gasteiger partial charge in [0.15, 0.2) is 5.78 Å². The van der Waals surface area contributed by atoms with Crippen LogP contribution in [0.3, 0.4) is 0 Å².